The second-order valence-corrected chi connectivity index (χ2v) is 6.89. The Morgan fingerprint density at radius 1 is 1.33 bits per heavy atom. The van der Waals surface area contributed by atoms with Crippen LogP contribution in [-0.4, -0.2) is 49.1 Å². The average Bonchev–Trinajstić information content (AvgIpc) is 3.05. The summed E-state index contributed by atoms with van der Waals surface area (Å²) in [4.78, 5) is 7.06. The minimum absolute atomic E-state index is 0.270. The van der Waals surface area contributed by atoms with Gasteiger partial charge in [-0.3, -0.25) is 9.89 Å². The Morgan fingerprint density at radius 2 is 2.08 bits per heavy atom. The number of likely N-dealkylation sites (N-methyl/N-ethyl adjacent to an activating group) is 1. The Hall–Kier alpha value is -1.75. The molecule has 2 unspecified atom stereocenters. The summed E-state index contributed by atoms with van der Waals surface area (Å²) in [5.74, 6) is 1.03. The molecule has 4 N–H and O–H groups in total. The molecule has 1 aliphatic heterocycles. The van der Waals surface area contributed by atoms with E-state index in [0.717, 1.165) is 18.8 Å². The number of nitrogens with one attached hydrogen (secondary N) is 2. The van der Waals surface area contributed by atoms with Gasteiger partial charge < -0.3 is 16.4 Å². The van der Waals surface area contributed by atoms with E-state index in [0.29, 0.717) is 24.5 Å². The summed E-state index contributed by atoms with van der Waals surface area (Å²) in [5.41, 5.74) is 7.20. The van der Waals surface area contributed by atoms with Gasteiger partial charge in [-0.2, -0.15) is 0 Å². The van der Waals surface area contributed by atoms with Gasteiger partial charge in [-0.15, -0.1) is 0 Å². The van der Waals surface area contributed by atoms with E-state index >= 15 is 0 Å². The minimum Gasteiger partial charge on any atom is -0.380 e. The maximum atomic E-state index is 6.07. The minimum atomic E-state index is 0.270. The van der Waals surface area contributed by atoms with Crippen LogP contribution >= 0.6 is 0 Å². The molecule has 0 amide bonds. The van der Waals surface area contributed by atoms with Crippen molar-refractivity contribution in [2.75, 3.05) is 31.5 Å². The lowest BCUT2D eigenvalue weighted by atomic mass is 10.0. The molecular formula is C19H33N5. The molecule has 5 heteroatoms. The first-order valence-electron chi connectivity index (χ1n) is 9.19. The zero-order chi connectivity index (χ0) is 17.4. The zero-order valence-corrected chi connectivity index (χ0v) is 15.3. The number of hydrogen-bond acceptors (Lipinski definition) is 3. The maximum Gasteiger partial charge on any atom is 0.188 e. The van der Waals surface area contributed by atoms with E-state index in [2.05, 4.69) is 53.4 Å². The summed E-state index contributed by atoms with van der Waals surface area (Å²) in [6, 6.07) is 11.1. The van der Waals surface area contributed by atoms with Gasteiger partial charge in [0.15, 0.2) is 5.96 Å². The molecular weight excluding hydrogens is 298 g/mol. The van der Waals surface area contributed by atoms with Crippen molar-refractivity contribution in [3.63, 3.8) is 0 Å². The molecule has 1 fully saturated rings. The van der Waals surface area contributed by atoms with Crippen LogP contribution < -0.4 is 16.4 Å². The largest absolute Gasteiger partial charge is 0.380 e. The van der Waals surface area contributed by atoms with E-state index in [9.17, 15) is 0 Å². The Labute approximate surface area is 146 Å². The lowest BCUT2D eigenvalue weighted by Gasteiger charge is -2.24. The van der Waals surface area contributed by atoms with Crippen LogP contribution in [0, 0.1) is 5.92 Å². The van der Waals surface area contributed by atoms with Gasteiger partial charge in [0.1, 0.15) is 0 Å². The quantitative estimate of drug-likeness (QED) is 0.506. The standard InChI is InChI=1S/C19H33N5/c1-4-24-12-8-11-17(24)13-21-19(20)22-14-18(15(2)3)23-16-9-6-5-7-10-16/h5-7,9-10,15,17-18,23H,4,8,11-14H2,1-3H3,(H3,20,21,22). The van der Waals surface area contributed by atoms with Crippen molar-refractivity contribution in [1.82, 2.24) is 10.2 Å². The molecule has 24 heavy (non-hydrogen) atoms. The maximum absolute atomic E-state index is 6.07. The average molecular weight is 332 g/mol. The number of anilines is 1. The highest BCUT2D eigenvalue weighted by atomic mass is 15.2. The van der Waals surface area contributed by atoms with Crippen LogP contribution in [0.2, 0.25) is 0 Å². The monoisotopic (exact) mass is 331 g/mol. The second-order valence-electron chi connectivity index (χ2n) is 6.89. The Balaban J connectivity index is 1.82. The first-order chi connectivity index (χ1) is 11.6. The zero-order valence-electron chi connectivity index (χ0n) is 15.3. The van der Waals surface area contributed by atoms with Crippen molar-refractivity contribution in [1.29, 1.82) is 0 Å². The molecule has 0 aliphatic carbocycles. The van der Waals surface area contributed by atoms with Gasteiger partial charge in [-0.25, -0.2) is 0 Å². The summed E-state index contributed by atoms with van der Waals surface area (Å²) < 4.78 is 0. The number of rotatable bonds is 8. The van der Waals surface area contributed by atoms with Crippen LogP contribution in [0.15, 0.2) is 35.3 Å². The number of guanidine groups is 1. The molecule has 1 aromatic carbocycles. The van der Waals surface area contributed by atoms with Gasteiger partial charge in [0, 0.05) is 24.3 Å². The van der Waals surface area contributed by atoms with Gasteiger partial charge in [0.25, 0.3) is 0 Å². The highest BCUT2D eigenvalue weighted by Gasteiger charge is 2.22. The van der Waals surface area contributed by atoms with Gasteiger partial charge in [0.05, 0.1) is 6.54 Å². The highest BCUT2D eigenvalue weighted by molar-refractivity contribution is 5.77. The van der Waals surface area contributed by atoms with Crippen LogP contribution in [-0.2, 0) is 0 Å². The SMILES string of the molecule is CCN1CCCC1CNC(N)=NCC(Nc1ccccc1)C(C)C. The number of nitrogens with two attached hydrogens (primary N) is 1. The molecule has 5 nitrogen and oxygen atoms in total. The van der Waals surface area contributed by atoms with E-state index in [1.807, 2.05) is 18.2 Å². The fraction of sp³-hybridized carbons (Fsp3) is 0.632. The third-order valence-corrected chi connectivity index (χ3v) is 4.81. The van der Waals surface area contributed by atoms with E-state index in [4.69, 9.17) is 5.73 Å². The van der Waals surface area contributed by atoms with Crippen LogP contribution in [0.3, 0.4) is 0 Å². The summed E-state index contributed by atoms with van der Waals surface area (Å²) in [6.07, 6.45) is 2.53. The number of para-hydroxylation sites is 1. The molecule has 1 aromatic rings. The molecule has 0 spiro atoms. The molecule has 2 rings (SSSR count). The number of hydrogen-bond donors (Lipinski definition) is 3. The van der Waals surface area contributed by atoms with Crippen molar-refractivity contribution in [3.05, 3.63) is 30.3 Å². The molecule has 0 radical (unpaired) electrons. The van der Waals surface area contributed by atoms with Crippen LogP contribution in [0.5, 0.6) is 0 Å². The van der Waals surface area contributed by atoms with Crippen LogP contribution in [0.1, 0.15) is 33.6 Å². The number of aliphatic imine (C=N–C) groups is 1. The Kier molecular flexibility index (Phi) is 7.37. The molecule has 0 aromatic heterocycles. The van der Waals surface area contributed by atoms with Gasteiger partial charge >= 0.3 is 0 Å². The molecule has 1 saturated heterocycles. The molecule has 0 saturated carbocycles. The Bertz CT molecular complexity index is 500. The lowest BCUT2D eigenvalue weighted by Crippen LogP contribution is -2.43. The summed E-state index contributed by atoms with van der Waals surface area (Å²) >= 11 is 0. The topological polar surface area (TPSA) is 65.7 Å². The number of benzene rings is 1. The normalized spacial score (nSPS) is 20.3. The smallest absolute Gasteiger partial charge is 0.188 e. The van der Waals surface area contributed by atoms with Crippen molar-refractivity contribution >= 4 is 11.6 Å². The summed E-state index contributed by atoms with van der Waals surface area (Å²) in [5, 5.41) is 6.85. The highest BCUT2D eigenvalue weighted by Crippen LogP contribution is 2.15. The molecule has 2 atom stereocenters. The molecule has 1 heterocycles. The number of likely N-dealkylation sites (tertiary alicyclic amines) is 1. The van der Waals surface area contributed by atoms with E-state index in [-0.39, 0.29) is 6.04 Å². The van der Waals surface area contributed by atoms with Gasteiger partial charge in [-0.1, -0.05) is 39.0 Å². The number of nitrogens with zero attached hydrogens (tertiary/aromatic N) is 2. The predicted octanol–water partition coefficient (Wildman–Crippen LogP) is 2.51. The van der Waals surface area contributed by atoms with Crippen molar-refractivity contribution in [3.8, 4) is 0 Å². The lowest BCUT2D eigenvalue weighted by molar-refractivity contribution is 0.267. The molecule has 0 bridgehead atoms. The molecule has 1 aliphatic rings. The van der Waals surface area contributed by atoms with E-state index in [1.54, 1.807) is 0 Å². The van der Waals surface area contributed by atoms with Gasteiger partial charge in [0.2, 0.25) is 0 Å². The van der Waals surface area contributed by atoms with Crippen LogP contribution in [0.4, 0.5) is 5.69 Å². The molecule has 134 valence electrons. The van der Waals surface area contributed by atoms with E-state index in [1.165, 1.54) is 19.4 Å². The summed E-state index contributed by atoms with van der Waals surface area (Å²) in [7, 11) is 0. The van der Waals surface area contributed by atoms with Crippen molar-refractivity contribution in [2.24, 2.45) is 16.6 Å². The van der Waals surface area contributed by atoms with Crippen LogP contribution in [0.25, 0.3) is 0 Å². The van der Waals surface area contributed by atoms with Crippen molar-refractivity contribution in [2.45, 2.75) is 45.7 Å². The first kappa shape index (κ1) is 18.6. The Morgan fingerprint density at radius 3 is 2.75 bits per heavy atom. The third kappa shape index (κ3) is 5.71. The van der Waals surface area contributed by atoms with E-state index < -0.39 is 0 Å². The predicted molar refractivity (Wildman–Crippen MR) is 103 cm³/mol. The van der Waals surface area contributed by atoms with Gasteiger partial charge in [-0.05, 0) is 44.0 Å². The summed E-state index contributed by atoms with van der Waals surface area (Å²) in [6.45, 7) is 10.5. The third-order valence-electron chi connectivity index (χ3n) is 4.81. The second kappa shape index (κ2) is 9.52. The fourth-order valence-corrected chi connectivity index (χ4v) is 3.19. The fourth-order valence-electron chi connectivity index (χ4n) is 3.19. The first-order valence-corrected chi connectivity index (χ1v) is 9.19. The van der Waals surface area contributed by atoms with Crippen molar-refractivity contribution < 1.29 is 0 Å².